The number of aliphatic carboxylic acids is 2. The molecule has 0 aromatic rings. The molecule has 2 saturated heterocycles. The predicted octanol–water partition coefficient (Wildman–Crippen LogP) is -6.94. The highest BCUT2D eigenvalue weighted by molar-refractivity contribution is 6.00. The van der Waals surface area contributed by atoms with Gasteiger partial charge in [0.1, 0.15) is 72.5 Å². The van der Waals surface area contributed by atoms with Crippen molar-refractivity contribution in [2.45, 2.75) is 224 Å². The molecule has 0 radical (unpaired) electrons. The van der Waals surface area contributed by atoms with E-state index in [1.54, 1.807) is 41.5 Å². The third kappa shape index (κ3) is 25.3. The molecule has 34 nitrogen and oxygen atoms in total. The van der Waals surface area contributed by atoms with Gasteiger partial charge in [-0.3, -0.25) is 62.3 Å². The molecule has 0 aromatic heterocycles. The zero-order valence-electron chi connectivity index (χ0n) is 52.4. The highest BCUT2D eigenvalue weighted by Gasteiger charge is 2.43. The van der Waals surface area contributed by atoms with Crippen molar-refractivity contribution < 1.29 is 103 Å². The number of carbonyl (C=O) groups is 14. The number of amides is 12. The van der Waals surface area contributed by atoms with Crippen LogP contribution in [-0.2, 0) is 67.1 Å². The van der Waals surface area contributed by atoms with E-state index in [1.165, 1.54) is 6.92 Å². The van der Waals surface area contributed by atoms with Gasteiger partial charge in [-0.25, -0.2) is 4.79 Å². The average molecular weight is 1290 g/mol. The third-order valence-electron chi connectivity index (χ3n) is 14.7. The second kappa shape index (κ2) is 38.1. The molecule has 15 atom stereocenters. The number of carboxylic acids is 2. The third-order valence-corrected chi connectivity index (χ3v) is 14.7. The maximum absolute atomic E-state index is 14.5. The van der Waals surface area contributed by atoms with Crippen LogP contribution in [0.3, 0.4) is 0 Å². The number of nitrogens with zero attached hydrogens (tertiary/aromatic N) is 1. The van der Waals surface area contributed by atoms with Gasteiger partial charge in [-0.05, 0) is 103 Å². The van der Waals surface area contributed by atoms with E-state index in [9.17, 15) is 103 Å². The summed E-state index contributed by atoms with van der Waals surface area (Å²) >= 11 is 0. The van der Waals surface area contributed by atoms with E-state index in [0.717, 1.165) is 18.7 Å². The lowest BCUT2D eigenvalue weighted by Gasteiger charge is -2.32. The standard InChI is InChI=1S/C56H95N13O21/c1-25(2)21-34(48(81)66-41(27(5)6)52(85)67-43(29(8)73)54(87)62-35(56(89)90)22-26(3)4)61-51(84)38-14-12-20-69(38)55(88)44(30(9)74)68-47(80)32-15-17-39(75)65-42(28(7)72)53(86)64-37(24-71)50(83)60-33(16-18-40(76)77)46(79)58-31(13-10-11-19-57)45(78)63-36(23-70)49(82)59-32/h25-38,41-44,70-74H,10-24,57H2,1-9H3,(H,58,79)(H,59,82)(H,60,83)(H,61,84)(H,62,87)(H,63,78)(H,64,86)(H,65,75)(H,66,81)(H,67,85)(H,68,80)(H,76,77)(H,89,90)/t28-,29-,30-,31+,32?,33+,34+,35+,36?,37?,38+,41+,42+,43+,44+/m1/s1. The molecule has 34 heteroatoms. The Morgan fingerprint density at radius 1 is 0.556 bits per heavy atom. The number of rotatable bonds is 29. The molecule has 0 spiro atoms. The Hall–Kier alpha value is -7.66. The molecule has 90 heavy (non-hydrogen) atoms. The summed E-state index contributed by atoms with van der Waals surface area (Å²) in [5.74, 6) is -17.0. The van der Waals surface area contributed by atoms with Crippen LogP contribution < -0.4 is 64.2 Å². The molecule has 2 heterocycles. The fourth-order valence-electron chi connectivity index (χ4n) is 9.72. The smallest absolute Gasteiger partial charge is 0.326 e. The number of unbranched alkanes of at least 4 members (excludes halogenated alkanes) is 1. The summed E-state index contributed by atoms with van der Waals surface area (Å²) < 4.78 is 0. The first-order valence-corrected chi connectivity index (χ1v) is 30.1. The van der Waals surface area contributed by atoms with E-state index in [4.69, 9.17) is 5.73 Å². The highest BCUT2D eigenvalue weighted by Crippen LogP contribution is 2.21. The van der Waals surface area contributed by atoms with E-state index in [0.29, 0.717) is 6.42 Å². The molecule has 0 bridgehead atoms. The molecule has 2 rings (SSSR count). The summed E-state index contributed by atoms with van der Waals surface area (Å²) in [6.07, 6.45) is -7.31. The zero-order valence-corrected chi connectivity index (χ0v) is 52.4. The van der Waals surface area contributed by atoms with Crippen LogP contribution in [0.25, 0.3) is 0 Å². The summed E-state index contributed by atoms with van der Waals surface area (Å²) in [6.45, 7) is 11.1. The lowest BCUT2D eigenvalue weighted by Crippen LogP contribution is -2.63. The van der Waals surface area contributed by atoms with E-state index >= 15 is 0 Å². The van der Waals surface area contributed by atoms with Crippen molar-refractivity contribution in [3.63, 3.8) is 0 Å². The Labute approximate surface area is 521 Å². The molecule has 510 valence electrons. The predicted molar refractivity (Wildman–Crippen MR) is 316 cm³/mol. The second-order valence-electron chi connectivity index (χ2n) is 23.8. The minimum Gasteiger partial charge on any atom is -0.481 e. The molecular weight excluding hydrogens is 1190 g/mol. The molecule has 0 saturated carbocycles. The van der Waals surface area contributed by atoms with Crippen LogP contribution >= 0.6 is 0 Å². The Balaban J connectivity index is 2.56. The van der Waals surface area contributed by atoms with Crippen LogP contribution in [0.5, 0.6) is 0 Å². The summed E-state index contributed by atoms with van der Waals surface area (Å²) in [5.41, 5.74) is 5.65. The number of hydrogen-bond donors (Lipinski definition) is 19. The van der Waals surface area contributed by atoms with E-state index in [1.807, 2.05) is 0 Å². The Kier molecular flexibility index (Phi) is 33.2. The van der Waals surface area contributed by atoms with Gasteiger partial charge in [0.05, 0.1) is 31.5 Å². The Bertz CT molecular complexity index is 2520. The van der Waals surface area contributed by atoms with Crippen molar-refractivity contribution in [3.05, 3.63) is 0 Å². The summed E-state index contributed by atoms with van der Waals surface area (Å²) in [7, 11) is 0. The van der Waals surface area contributed by atoms with E-state index in [-0.39, 0.29) is 63.5 Å². The molecule has 2 fully saturated rings. The van der Waals surface area contributed by atoms with Crippen molar-refractivity contribution in [3.8, 4) is 0 Å². The molecule has 12 amide bonds. The number of likely N-dealkylation sites (tertiary alicyclic amines) is 1. The summed E-state index contributed by atoms with van der Waals surface area (Å²) in [4.78, 5) is 191. The number of carboxylic acid groups (broad SMARTS) is 2. The lowest BCUT2D eigenvalue weighted by molar-refractivity contribution is -0.145. The minimum absolute atomic E-state index is 0.00194. The van der Waals surface area contributed by atoms with E-state index in [2.05, 4.69) is 58.5 Å². The topological polar surface area (TPSA) is 542 Å². The number of hydrogen-bond acceptors (Lipinski definition) is 20. The number of nitrogens with two attached hydrogens (primary N) is 1. The molecular formula is C56H95N13O21. The minimum atomic E-state index is -1.93. The first-order valence-electron chi connectivity index (χ1n) is 30.1. The second-order valence-corrected chi connectivity index (χ2v) is 23.8. The van der Waals surface area contributed by atoms with Gasteiger partial charge in [-0.15, -0.1) is 0 Å². The summed E-state index contributed by atoms with van der Waals surface area (Å²) in [6, 6.07) is -19.9. The average Bonchev–Trinajstić information content (AvgIpc) is 2.18. The quantitative estimate of drug-likeness (QED) is 0.0310. The fourth-order valence-corrected chi connectivity index (χ4v) is 9.72. The van der Waals surface area contributed by atoms with Crippen LogP contribution in [0.2, 0.25) is 0 Å². The van der Waals surface area contributed by atoms with Crippen LogP contribution in [0.1, 0.15) is 133 Å². The van der Waals surface area contributed by atoms with Crippen molar-refractivity contribution in [1.29, 1.82) is 0 Å². The van der Waals surface area contributed by atoms with Crippen molar-refractivity contribution in [1.82, 2.24) is 63.4 Å². The number of aliphatic hydroxyl groups excluding tert-OH is 5. The molecule has 0 aromatic carbocycles. The van der Waals surface area contributed by atoms with Crippen molar-refractivity contribution in [2.75, 3.05) is 26.3 Å². The van der Waals surface area contributed by atoms with Crippen molar-refractivity contribution in [2.24, 2.45) is 23.5 Å². The molecule has 2 aliphatic rings. The van der Waals surface area contributed by atoms with Gasteiger partial charge in [0.2, 0.25) is 70.9 Å². The van der Waals surface area contributed by atoms with Crippen molar-refractivity contribution >= 4 is 82.8 Å². The van der Waals surface area contributed by atoms with Gasteiger partial charge >= 0.3 is 11.9 Å². The normalized spacial score (nSPS) is 23.5. The van der Waals surface area contributed by atoms with Crippen LogP contribution in [0, 0.1) is 17.8 Å². The van der Waals surface area contributed by atoms with Crippen LogP contribution in [-0.4, -0.2) is 241 Å². The number of carbonyl (C=O) groups excluding carboxylic acids is 12. The van der Waals surface area contributed by atoms with Crippen LogP contribution in [0.15, 0.2) is 0 Å². The molecule has 2 aliphatic heterocycles. The Morgan fingerprint density at radius 3 is 1.56 bits per heavy atom. The maximum atomic E-state index is 14.5. The first-order chi connectivity index (χ1) is 42.1. The maximum Gasteiger partial charge on any atom is 0.326 e. The molecule has 20 N–H and O–H groups in total. The molecule has 0 aliphatic carbocycles. The van der Waals surface area contributed by atoms with Gasteiger partial charge in [-0.1, -0.05) is 41.5 Å². The SMILES string of the molecule is CC(C)C[C@H](NC(=O)[C@@H](NC(=O)[C@@H](NC(=O)[C@H](CC(C)C)NC(=O)[C@@H]1CCCN1C(=O)[C@@H](NC(=O)C1CCC(=O)N[C@@H]([C@@H](C)O)C(=O)NC(CO)C(=O)N[C@@H](CCC(=O)O)C(=O)N[C@@H](CCCCN)C(=O)NC(CO)C(=O)N1)[C@@H](C)O)C(C)C)[C@@H](C)O)C(=O)O. The lowest BCUT2D eigenvalue weighted by atomic mass is 9.98. The largest absolute Gasteiger partial charge is 0.481 e. The van der Waals surface area contributed by atoms with Gasteiger partial charge in [0, 0.05) is 19.4 Å². The van der Waals surface area contributed by atoms with Gasteiger partial charge < -0.3 is 105 Å². The fraction of sp³-hybridized carbons (Fsp3) is 0.750. The monoisotopic (exact) mass is 1290 g/mol. The Morgan fingerprint density at radius 2 is 1.06 bits per heavy atom. The zero-order chi connectivity index (χ0) is 68.4. The van der Waals surface area contributed by atoms with Gasteiger partial charge in [0.25, 0.3) is 0 Å². The van der Waals surface area contributed by atoms with E-state index < -0.39 is 218 Å². The first kappa shape index (κ1) is 78.4. The van der Waals surface area contributed by atoms with Gasteiger partial charge in [-0.2, -0.15) is 0 Å². The summed E-state index contributed by atoms with van der Waals surface area (Å²) in [5, 5.41) is 97.7. The van der Waals surface area contributed by atoms with Gasteiger partial charge in [0.15, 0.2) is 0 Å². The highest BCUT2D eigenvalue weighted by atomic mass is 16.4. The number of aliphatic hydroxyl groups is 5. The van der Waals surface area contributed by atoms with Crippen LogP contribution in [0.4, 0.5) is 0 Å². The molecule has 3 unspecified atom stereocenters. The number of nitrogens with one attached hydrogen (secondary N) is 11.